The Morgan fingerprint density at radius 1 is 1.27 bits per heavy atom. The highest BCUT2D eigenvalue weighted by Gasteiger charge is 2.27. The van der Waals surface area contributed by atoms with Crippen LogP contribution in [0.4, 0.5) is 0 Å². The predicted molar refractivity (Wildman–Crippen MR) is 48.5 cm³/mol. The SMILES string of the molecule is CCCC1CCCC2=C1CC2. The normalized spacial score (nSPS) is 29.7. The molecule has 0 spiro atoms. The highest BCUT2D eigenvalue weighted by molar-refractivity contribution is 5.28. The van der Waals surface area contributed by atoms with Crippen LogP contribution in [0.3, 0.4) is 0 Å². The molecule has 2 aliphatic carbocycles. The van der Waals surface area contributed by atoms with E-state index in [0.717, 1.165) is 5.92 Å². The molecule has 0 heteroatoms. The van der Waals surface area contributed by atoms with Gasteiger partial charge in [0, 0.05) is 0 Å². The second-order valence-electron chi connectivity index (χ2n) is 4.01. The van der Waals surface area contributed by atoms with Crippen molar-refractivity contribution in [3.05, 3.63) is 11.1 Å². The van der Waals surface area contributed by atoms with E-state index in [0.29, 0.717) is 0 Å². The molecule has 1 unspecified atom stereocenters. The maximum Gasteiger partial charge on any atom is -0.0200 e. The fourth-order valence-corrected chi connectivity index (χ4v) is 2.63. The van der Waals surface area contributed by atoms with E-state index in [2.05, 4.69) is 6.92 Å². The summed E-state index contributed by atoms with van der Waals surface area (Å²) < 4.78 is 0. The molecule has 11 heavy (non-hydrogen) atoms. The molecule has 0 heterocycles. The van der Waals surface area contributed by atoms with Gasteiger partial charge in [0.1, 0.15) is 0 Å². The Bertz CT molecular complexity index is 176. The third-order valence-corrected chi connectivity index (χ3v) is 3.31. The summed E-state index contributed by atoms with van der Waals surface area (Å²) in [6, 6.07) is 0. The molecular weight excluding hydrogens is 132 g/mol. The van der Waals surface area contributed by atoms with Crippen molar-refractivity contribution >= 4 is 0 Å². The van der Waals surface area contributed by atoms with Gasteiger partial charge in [-0.2, -0.15) is 0 Å². The van der Waals surface area contributed by atoms with Gasteiger partial charge in [-0.1, -0.05) is 24.5 Å². The highest BCUT2D eigenvalue weighted by atomic mass is 14.3. The van der Waals surface area contributed by atoms with E-state index >= 15 is 0 Å². The lowest BCUT2D eigenvalue weighted by molar-refractivity contribution is 0.412. The van der Waals surface area contributed by atoms with E-state index in [9.17, 15) is 0 Å². The molecule has 0 radical (unpaired) electrons. The van der Waals surface area contributed by atoms with Crippen molar-refractivity contribution < 1.29 is 0 Å². The van der Waals surface area contributed by atoms with Gasteiger partial charge in [0.25, 0.3) is 0 Å². The molecule has 0 aliphatic heterocycles. The van der Waals surface area contributed by atoms with E-state index in [-0.39, 0.29) is 0 Å². The van der Waals surface area contributed by atoms with Crippen LogP contribution in [0, 0.1) is 5.92 Å². The summed E-state index contributed by atoms with van der Waals surface area (Å²) in [5.41, 5.74) is 3.72. The Balaban J connectivity index is 2.04. The number of hydrogen-bond donors (Lipinski definition) is 0. The van der Waals surface area contributed by atoms with Crippen LogP contribution >= 0.6 is 0 Å². The second-order valence-corrected chi connectivity index (χ2v) is 4.01. The lowest BCUT2D eigenvalue weighted by atomic mass is 9.71. The average molecular weight is 150 g/mol. The predicted octanol–water partition coefficient (Wildman–Crippen LogP) is 3.68. The summed E-state index contributed by atoms with van der Waals surface area (Å²) in [5.74, 6) is 1.01. The van der Waals surface area contributed by atoms with Crippen LogP contribution < -0.4 is 0 Å². The minimum Gasteiger partial charge on any atom is -0.0704 e. The number of rotatable bonds is 2. The van der Waals surface area contributed by atoms with Crippen LogP contribution in [0.1, 0.15) is 51.9 Å². The molecule has 2 aliphatic rings. The van der Waals surface area contributed by atoms with Gasteiger partial charge in [-0.05, 0) is 44.4 Å². The largest absolute Gasteiger partial charge is 0.0704 e. The van der Waals surface area contributed by atoms with Crippen molar-refractivity contribution in [1.29, 1.82) is 0 Å². The maximum atomic E-state index is 2.31. The fourth-order valence-electron chi connectivity index (χ4n) is 2.63. The monoisotopic (exact) mass is 150 g/mol. The third kappa shape index (κ3) is 1.23. The van der Waals surface area contributed by atoms with Crippen molar-refractivity contribution in [2.45, 2.75) is 51.9 Å². The van der Waals surface area contributed by atoms with E-state index < -0.39 is 0 Å². The zero-order valence-electron chi connectivity index (χ0n) is 7.53. The van der Waals surface area contributed by atoms with Crippen molar-refractivity contribution in [2.75, 3.05) is 0 Å². The quantitative estimate of drug-likeness (QED) is 0.527. The van der Waals surface area contributed by atoms with Crippen molar-refractivity contribution in [2.24, 2.45) is 5.92 Å². The van der Waals surface area contributed by atoms with E-state index in [1.54, 1.807) is 0 Å². The van der Waals surface area contributed by atoms with Crippen LogP contribution in [0.25, 0.3) is 0 Å². The molecule has 0 aromatic heterocycles. The minimum atomic E-state index is 1.01. The van der Waals surface area contributed by atoms with Crippen LogP contribution in [0.2, 0.25) is 0 Å². The first-order valence-electron chi connectivity index (χ1n) is 5.12. The Labute approximate surface area is 69.7 Å². The maximum absolute atomic E-state index is 2.31. The molecule has 0 nitrogen and oxygen atoms in total. The lowest BCUT2D eigenvalue weighted by Gasteiger charge is -2.35. The van der Waals surface area contributed by atoms with Crippen molar-refractivity contribution in [3.63, 3.8) is 0 Å². The number of hydrogen-bond acceptors (Lipinski definition) is 0. The van der Waals surface area contributed by atoms with Crippen molar-refractivity contribution in [1.82, 2.24) is 0 Å². The van der Waals surface area contributed by atoms with Crippen LogP contribution in [0.15, 0.2) is 11.1 Å². The van der Waals surface area contributed by atoms with Gasteiger partial charge in [0.05, 0.1) is 0 Å². The summed E-state index contributed by atoms with van der Waals surface area (Å²) in [6.45, 7) is 2.31. The summed E-state index contributed by atoms with van der Waals surface area (Å²) in [7, 11) is 0. The molecule has 0 N–H and O–H groups in total. The van der Waals surface area contributed by atoms with Crippen LogP contribution in [-0.2, 0) is 0 Å². The van der Waals surface area contributed by atoms with Gasteiger partial charge in [0.2, 0.25) is 0 Å². The highest BCUT2D eigenvalue weighted by Crippen LogP contribution is 2.44. The van der Waals surface area contributed by atoms with E-state index in [1.807, 2.05) is 11.1 Å². The van der Waals surface area contributed by atoms with Gasteiger partial charge in [0.15, 0.2) is 0 Å². The molecule has 1 atom stereocenters. The van der Waals surface area contributed by atoms with Gasteiger partial charge < -0.3 is 0 Å². The fraction of sp³-hybridized carbons (Fsp3) is 0.818. The first-order chi connectivity index (χ1) is 5.42. The Kier molecular flexibility index (Phi) is 2.02. The first kappa shape index (κ1) is 7.39. The molecule has 0 amide bonds. The zero-order valence-corrected chi connectivity index (χ0v) is 7.53. The first-order valence-corrected chi connectivity index (χ1v) is 5.12. The smallest absolute Gasteiger partial charge is 0.0200 e. The summed E-state index contributed by atoms with van der Waals surface area (Å²) in [6.07, 6.45) is 10.1. The molecule has 62 valence electrons. The second kappa shape index (κ2) is 3.00. The topological polar surface area (TPSA) is 0 Å². The third-order valence-electron chi connectivity index (χ3n) is 3.31. The van der Waals surface area contributed by atoms with E-state index in [1.165, 1.54) is 44.9 Å². The van der Waals surface area contributed by atoms with Gasteiger partial charge in [-0.3, -0.25) is 0 Å². The van der Waals surface area contributed by atoms with E-state index in [4.69, 9.17) is 0 Å². The van der Waals surface area contributed by atoms with Crippen molar-refractivity contribution in [3.8, 4) is 0 Å². The minimum absolute atomic E-state index is 1.01. The molecular formula is C11H18. The molecule has 2 rings (SSSR count). The molecule has 0 saturated carbocycles. The Hall–Kier alpha value is -0.260. The average Bonchev–Trinajstić information content (AvgIpc) is 1.94. The molecule has 0 fully saturated rings. The standard InChI is InChI=1S/C11H18/c1-2-4-9-5-3-6-10-7-8-11(9)10/h9H,2-8H2,1H3. The lowest BCUT2D eigenvalue weighted by Crippen LogP contribution is -2.18. The molecule has 0 aromatic rings. The molecule has 0 saturated heterocycles. The summed E-state index contributed by atoms with van der Waals surface area (Å²) in [5, 5.41) is 0. The van der Waals surface area contributed by atoms with Gasteiger partial charge in [-0.15, -0.1) is 0 Å². The molecule has 0 bridgehead atoms. The number of allylic oxidation sites excluding steroid dienone is 2. The Morgan fingerprint density at radius 2 is 2.18 bits per heavy atom. The summed E-state index contributed by atoms with van der Waals surface area (Å²) >= 11 is 0. The Morgan fingerprint density at radius 3 is 2.82 bits per heavy atom. The molecule has 0 aromatic carbocycles. The van der Waals surface area contributed by atoms with Gasteiger partial charge in [-0.25, -0.2) is 0 Å². The zero-order chi connectivity index (χ0) is 7.68. The van der Waals surface area contributed by atoms with Gasteiger partial charge >= 0.3 is 0 Å². The van der Waals surface area contributed by atoms with Crippen LogP contribution in [-0.4, -0.2) is 0 Å². The van der Waals surface area contributed by atoms with Crippen LogP contribution in [0.5, 0.6) is 0 Å². The summed E-state index contributed by atoms with van der Waals surface area (Å²) in [4.78, 5) is 0.